The van der Waals surface area contributed by atoms with E-state index in [1.54, 1.807) is 0 Å². The number of hydrogen-bond donors (Lipinski definition) is 0. The smallest absolute Gasteiger partial charge is 0.456 e. The van der Waals surface area contributed by atoms with E-state index in [0.29, 0.717) is 40.0 Å². The van der Waals surface area contributed by atoms with Gasteiger partial charge in [-0.3, -0.25) is 0 Å². The van der Waals surface area contributed by atoms with E-state index in [2.05, 4.69) is 313 Å². The SMILES string of the molecule is CC1(C)OB(c2cccc(C(=C(c3ccccc3)c3ccccc3)c3ccccc3)c2)OC1(C)C.Clc1cccc(-c2nc(-c3ccccc3)nc(-c3ccc4c(c3)oc3ccccc34)n2)c1.c1ccc(C(=C(c2ccccc2)c2cccc(-c3cccc(-c4nc(-c5ccccc5)nc(-c5ccc6c(c5)oc5ccccc56)n4)c3)c2)c2ccccc2)cc1. The second-order valence-electron chi connectivity index (χ2n) is 31.5. The molecular formula is C112H82BClN6O4. The first-order valence-electron chi connectivity index (χ1n) is 41.6. The molecule has 0 N–H and O–H groups in total. The molecule has 0 atom stereocenters. The number of rotatable bonds is 16. The zero-order valence-corrected chi connectivity index (χ0v) is 69.4. The minimum atomic E-state index is -0.408. The Bertz CT molecular complexity index is 7200. The second kappa shape index (κ2) is 34.9. The minimum absolute atomic E-state index is 0.384. The first-order chi connectivity index (χ1) is 60.8. The van der Waals surface area contributed by atoms with E-state index >= 15 is 0 Å². The third-order valence-electron chi connectivity index (χ3n) is 22.9. The summed E-state index contributed by atoms with van der Waals surface area (Å²) in [5.74, 6) is 3.55. The van der Waals surface area contributed by atoms with Gasteiger partial charge < -0.3 is 18.1 Å². The van der Waals surface area contributed by atoms with Crippen molar-refractivity contribution in [1.82, 2.24) is 29.9 Å². The molecule has 0 bridgehead atoms. The highest BCUT2D eigenvalue weighted by Crippen LogP contribution is 2.43. The molecular weight excluding hydrogens is 1540 g/mol. The normalized spacial score (nSPS) is 12.6. The second-order valence-corrected chi connectivity index (χ2v) is 32.0. The standard InChI is InChI=1S/C53H35N3O.C32H31BO2.C27H16ClN3O/c1-5-17-36(18-6-1)49(37-19-7-2-8-20-37)50(38-21-9-3-10-22-38)42-27-15-25-40(33-42)41-26-16-28-43(34-41)52-54-51(39-23-11-4-12-24-39)55-53(56-52)44-31-32-46-45-29-13-14-30-47(45)57-48(46)35-44;1-31(2)32(3,4)35-33(34-31)28-22-14-21-27(23-28)30(26-19-12-7-13-20-26)29(24-15-8-5-9-16-24)25-17-10-6-11-18-25;28-20-10-6-9-18(15-20)26-29-25(17-7-2-1-3-8-17)30-27(31-26)19-13-14-22-21-11-4-5-12-23(21)32-24(22)16-19/h1-35H;5-23H,1-4H3;1-16H. The first kappa shape index (κ1) is 78.7. The largest absolute Gasteiger partial charge is 0.494 e. The van der Waals surface area contributed by atoms with Crippen LogP contribution in [0.15, 0.2) is 433 Å². The molecule has 1 aliphatic rings. The molecule has 16 aromatic carbocycles. The summed E-state index contributed by atoms with van der Waals surface area (Å²) in [6.07, 6.45) is 0. The Labute approximate surface area is 726 Å². The van der Waals surface area contributed by atoms with E-state index < -0.39 is 7.12 Å². The Morgan fingerprint density at radius 1 is 0.218 bits per heavy atom. The maximum absolute atomic E-state index is 6.38. The van der Waals surface area contributed by atoms with Gasteiger partial charge in [-0.1, -0.05) is 376 Å². The zero-order chi connectivity index (χ0) is 83.9. The van der Waals surface area contributed by atoms with Crippen molar-refractivity contribution in [3.63, 3.8) is 0 Å². The molecule has 1 fully saturated rings. The van der Waals surface area contributed by atoms with Crippen LogP contribution in [0.5, 0.6) is 0 Å². The van der Waals surface area contributed by atoms with E-state index in [4.69, 9.17) is 59.6 Å². The summed E-state index contributed by atoms with van der Waals surface area (Å²) in [6.45, 7) is 8.37. The molecule has 0 radical (unpaired) electrons. The van der Waals surface area contributed by atoms with Gasteiger partial charge in [0.15, 0.2) is 34.9 Å². The summed E-state index contributed by atoms with van der Waals surface area (Å²) in [7, 11) is -0.408. The van der Waals surface area contributed by atoms with Gasteiger partial charge in [-0.05, 0) is 172 Å². The lowest BCUT2D eigenvalue weighted by Gasteiger charge is -2.32. The molecule has 1 aliphatic heterocycles. The Hall–Kier alpha value is -15.1. The molecule has 124 heavy (non-hydrogen) atoms. The number of hydrogen-bond acceptors (Lipinski definition) is 10. The maximum Gasteiger partial charge on any atom is 0.494 e. The number of aromatic nitrogens is 6. The average Bonchev–Trinajstić information content (AvgIpc) is 1.56. The average molecular weight is 1620 g/mol. The molecule has 21 rings (SSSR count). The lowest BCUT2D eigenvalue weighted by molar-refractivity contribution is 0.00578. The van der Waals surface area contributed by atoms with Crippen molar-refractivity contribution in [2.24, 2.45) is 0 Å². The molecule has 594 valence electrons. The van der Waals surface area contributed by atoms with Gasteiger partial charge in [0.1, 0.15) is 22.3 Å². The highest BCUT2D eigenvalue weighted by molar-refractivity contribution is 6.62. The van der Waals surface area contributed by atoms with Gasteiger partial charge in [0.25, 0.3) is 0 Å². The molecule has 0 spiro atoms. The van der Waals surface area contributed by atoms with Crippen LogP contribution >= 0.6 is 11.6 Å². The predicted octanol–water partition coefficient (Wildman–Crippen LogP) is 27.9. The monoisotopic (exact) mass is 1620 g/mol. The summed E-state index contributed by atoms with van der Waals surface area (Å²) in [6, 6.07) is 146. The van der Waals surface area contributed by atoms with Gasteiger partial charge >= 0.3 is 7.12 Å². The number of benzene rings is 16. The summed E-state index contributed by atoms with van der Waals surface area (Å²) < 4.78 is 25.1. The van der Waals surface area contributed by atoms with Gasteiger partial charge in [0.05, 0.1) is 11.2 Å². The Balaban J connectivity index is 0.000000130. The number of halogens is 1. The zero-order valence-electron chi connectivity index (χ0n) is 68.7. The first-order valence-corrected chi connectivity index (χ1v) is 41.9. The number of furan rings is 2. The van der Waals surface area contributed by atoms with Gasteiger partial charge in [0, 0.05) is 59.9 Å². The third kappa shape index (κ3) is 16.7. The van der Waals surface area contributed by atoms with Crippen LogP contribution in [0, 0.1) is 0 Å². The summed E-state index contributed by atoms with van der Waals surface area (Å²) >= 11 is 6.23. The van der Waals surface area contributed by atoms with E-state index in [1.165, 1.54) is 39.0 Å². The maximum atomic E-state index is 6.38. The van der Waals surface area contributed by atoms with Crippen LogP contribution in [0.3, 0.4) is 0 Å². The van der Waals surface area contributed by atoms with Crippen molar-refractivity contribution in [2.75, 3.05) is 0 Å². The Morgan fingerprint density at radius 2 is 0.484 bits per heavy atom. The molecule has 20 aromatic rings. The van der Waals surface area contributed by atoms with Gasteiger partial charge in [-0.2, -0.15) is 0 Å². The van der Waals surface area contributed by atoms with E-state index in [0.717, 1.165) is 122 Å². The molecule has 12 heteroatoms. The van der Waals surface area contributed by atoms with Crippen molar-refractivity contribution in [3.05, 3.63) is 474 Å². The van der Waals surface area contributed by atoms with E-state index in [-0.39, 0.29) is 11.2 Å². The van der Waals surface area contributed by atoms with Gasteiger partial charge in [-0.25, -0.2) is 29.9 Å². The molecule has 4 aromatic heterocycles. The third-order valence-corrected chi connectivity index (χ3v) is 23.1. The van der Waals surface area contributed by atoms with Crippen molar-refractivity contribution in [3.8, 4) is 79.5 Å². The Morgan fingerprint density at radius 3 is 0.871 bits per heavy atom. The van der Waals surface area contributed by atoms with Crippen LogP contribution in [0.1, 0.15) is 72.2 Å². The van der Waals surface area contributed by atoms with Gasteiger partial charge in [0.2, 0.25) is 0 Å². The molecule has 1 saturated heterocycles. The molecule has 0 saturated carbocycles. The predicted molar refractivity (Wildman–Crippen MR) is 508 cm³/mol. The van der Waals surface area contributed by atoms with Crippen LogP contribution in [0.4, 0.5) is 0 Å². The number of fused-ring (bicyclic) bond motifs is 6. The quantitative estimate of drug-likeness (QED) is 0.0683. The molecule has 0 unspecified atom stereocenters. The lowest BCUT2D eigenvalue weighted by Crippen LogP contribution is -2.41. The van der Waals surface area contributed by atoms with Crippen LogP contribution in [-0.4, -0.2) is 48.2 Å². The van der Waals surface area contributed by atoms with E-state index in [9.17, 15) is 0 Å². The van der Waals surface area contributed by atoms with Crippen molar-refractivity contribution >= 4 is 90.4 Å². The topological polar surface area (TPSA) is 122 Å². The van der Waals surface area contributed by atoms with Crippen LogP contribution in [0.2, 0.25) is 5.02 Å². The highest BCUT2D eigenvalue weighted by atomic mass is 35.5. The fraction of sp³-hybridized carbons (Fsp3) is 0.0536. The van der Waals surface area contributed by atoms with Crippen molar-refractivity contribution in [2.45, 2.75) is 38.9 Å². The van der Waals surface area contributed by atoms with Crippen molar-refractivity contribution < 1.29 is 18.1 Å². The fourth-order valence-electron chi connectivity index (χ4n) is 16.0. The number of nitrogens with zero attached hydrogens (tertiary/aromatic N) is 6. The van der Waals surface area contributed by atoms with Crippen LogP contribution < -0.4 is 5.46 Å². The minimum Gasteiger partial charge on any atom is -0.456 e. The number of para-hydroxylation sites is 2. The lowest BCUT2D eigenvalue weighted by atomic mass is 9.76. The fourth-order valence-corrected chi connectivity index (χ4v) is 16.2. The van der Waals surface area contributed by atoms with Crippen LogP contribution in [0.25, 0.3) is 146 Å². The van der Waals surface area contributed by atoms with Crippen LogP contribution in [-0.2, 0) is 9.31 Å². The molecule has 0 aliphatic carbocycles. The highest BCUT2D eigenvalue weighted by Gasteiger charge is 2.52. The van der Waals surface area contributed by atoms with Crippen molar-refractivity contribution in [1.29, 1.82) is 0 Å². The molecule has 10 nitrogen and oxygen atoms in total. The summed E-state index contributed by atoms with van der Waals surface area (Å²) in [5, 5.41) is 4.94. The molecule has 5 heterocycles. The van der Waals surface area contributed by atoms with E-state index in [1.807, 2.05) is 140 Å². The Kier molecular flexibility index (Phi) is 22.2. The van der Waals surface area contributed by atoms with Gasteiger partial charge in [-0.15, -0.1) is 0 Å². The summed E-state index contributed by atoms with van der Waals surface area (Å²) in [4.78, 5) is 29.4. The summed E-state index contributed by atoms with van der Waals surface area (Å²) in [5.41, 5.74) is 25.0. The molecule has 0 amide bonds.